The van der Waals surface area contributed by atoms with Crippen molar-refractivity contribution in [1.29, 1.82) is 5.26 Å². The van der Waals surface area contributed by atoms with E-state index in [1.807, 2.05) is 36.4 Å². The molecule has 154 valence electrons. The Bertz CT molecular complexity index is 1280. The molecule has 0 unspecified atom stereocenters. The number of hydrogen-bond acceptors (Lipinski definition) is 5. The SMILES string of the molecule is N#Cc1cnn(-c2ccccc2)c1NC(=O)c1ccn(COc2cccc(Cl)c2Cl)n1. The van der Waals surface area contributed by atoms with Crippen LogP contribution < -0.4 is 10.1 Å². The van der Waals surface area contributed by atoms with Crippen LogP contribution in [0.25, 0.3) is 5.69 Å². The first-order valence-electron chi connectivity index (χ1n) is 9.02. The molecule has 2 heterocycles. The number of nitrogens with zero attached hydrogens (tertiary/aromatic N) is 5. The van der Waals surface area contributed by atoms with E-state index in [9.17, 15) is 10.1 Å². The summed E-state index contributed by atoms with van der Waals surface area (Å²) in [5, 5.41) is 21.2. The molecule has 0 bridgehead atoms. The zero-order chi connectivity index (χ0) is 21.8. The summed E-state index contributed by atoms with van der Waals surface area (Å²) in [5.74, 6) is 0.171. The van der Waals surface area contributed by atoms with Gasteiger partial charge in [0.05, 0.1) is 16.9 Å². The van der Waals surface area contributed by atoms with E-state index >= 15 is 0 Å². The van der Waals surface area contributed by atoms with Gasteiger partial charge in [-0.3, -0.25) is 4.79 Å². The average molecular weight is 453 g/mol. The normalized spacial score (nSPS) is 10.5. The molecule has 4 aromatic rings. The van der Waals surface area contributed by atoms with Gasteiger partial charge in [0.1, 0.15) is 22.4 Å². The molecule has 10 heteroatoms. The van der Waals surface area contributed by atoms with Crippen LogP contribution in [0.4, 0.5) is 5.82 Å². The van der Waals surface area contributed by atoms with Crippen LogP contribution in [0.5, 0.6) is 5.75 Å². The second kappa shape index (κ2) is 8.92. The number of aromatic nitrogens is 4. The van der Waals surface area contributed by atoms with E-state index in [4.69, 9.17) is 27.9 Å². The molecule has 2 aromatic carbocycles. The summed E-state index contributed by atoms with van der Waals surface area (Å²) in [5.41, 5.74) is 1.08. The topological polar surface area (TPSA) is 97.8 Å². The second-order valence-electron chi connectivity index (χ2n) is 6.29. The number of amides is 1. The first-order chi connectivity index (χ1) is 15.1. The third kappa shape index (κ3) is 4.38. The van der Waals surface area contributed by atoms with Crippen LogP contribution in [0.3, 0.4) is 0 Å². The minimum atomic E-state index is -0.492. The van der Waals surface area contributed by atoms with Crippen molar-refractivity contribution in [2.24, 2.45) is 0 Å². The van der Waals surface area contributed by atoms with Crippen molar-refractivity contribution in [3.05, 3.63) is 88.3 Å². The highest BCUT2D eigenvalue weighted by atomic mass is 35.5. The lowest BCUT2D eigenvalue weighted by atomic mass is 10.3. The van der Waals surface area contributed by atoms with Gasteiger partial charge in [-0.25, -0.2) is 9.36 Å². The minimum Gasteiger partial charge on any atom is -0.470 e. The summed E-state index contributed by atoms with van der Waals surface area (Å²) in [6, 6.07) is 17.8. The van der Waals surface area contributed by atoms with E-state index in [1.54, 1.807) is 24.4 Å². The highest BCUT2D eigenvalue weighted by Crippen LogP contribution is 2.31. The van der Waals surface area contributed by atoms with Crippen molar-refractivity contribution < 1.29 is 9.53 Å². The maximum Gasteiger partial charge on any atom is 0.277 e. The fraction of sp³-hybridized carbons (Fsp3) is 0.0476. The monoisotopic (exact) mass is 452 g/mol. The summed E-state index contributed by atoms with van der Waals surface area (Å²) in [7, 11) is 0. The maximum absolute atomic E-state index is 12.7. The lowest BCUT2D eigenvalue weighted by Crippen LogP contribution is -2.17. The van der Waals surface area contributed by atoms with Crippen LogP contribution >= 0.6 is 23.2 Å². The molecule has 8 nitrogen and oxygen atoms in total. The number of para-hydroxylation sites is 1. The molecule has 31 heavy (non-hydrogen) atoms. The summed E-state index contributed by atoms with van der Waals surface area (Å²) in [6.45, 7) is 0.0265. The summed E-state index contributed by atoms with van der Waals surface area (Å²) in [4.78, 5) is 12.7. The number of nitriles is 1. The third-order valence-electron chi connectivity index (χ3n) is 4.26. The number of rotatable bonds is 6. The predicted octanol–water partition coefficient (Wildman–Crippen LogP) is 4.54. The molecule has 0 aliphatic heterocycles. The third-order valence-corrected chi connectivity index (χ3v) is 5.07. The van der Waals surface area contributed by atoms with Crippen molar-refractivity contribution in [1.82, 2.24) is 19.6 Å². The number of carbonyl (C=O) groups excluding carboxylic acids is 1. The van der Waals surface area contributed by atoms with E-state index < -0.39 is 5.91 Å². The van der Waals surface area contributed by atoms with Crippen molar-refractivity contribution >= 4 is 34.9 Å². The van der Waals surface area contributed by atoms with Crippen LogP contribution in [-0.2, 0) is 6.73 Å². The molecule has 4 rings (SSSR count). The smallest absolute Gasteiger partial charge is 0.277 e. The molecule has 0 aliphatic rings. The van der Waals surface area contributed by atoms with Crippen molar-refractivity contribution in [2.75, 3.05) is 5.32 Å². The van der Waals surface area contributed by atoms with E-state index in [0.29, 0.717) is 21.5 Å². The summed E-state index contributed by atoms with van der Waals surface area (Å²) < 4.78 is 8.53. The molecule has 0 atom stereocenters. The van der Waals surface area contributed by atoms with Gasteiger partial charge in [0.15, 0.2) is 18.2 Å². The Hall–Kier alpha value is -3.80. The van der Waals surface area contributed by atoms with Gasteiger partial charge in [0, 0.05) is 6.20 Å². The number of hydrogen-bond donors (Lipinski definition) is 1. The van der Waals surface area contributed by atoms with Gasteiger partial charge in [-0.1, -0.05) is 47.5 Å². The molecule has 0 saturated carbocycles. The molecule has 0 fully saturated rings. The van der Waals surface area contributed by atoms with Crippen LogP contribution in [0, 0.1) is 11.3 Å². The van der Waals surface area contributed by atoms with Crippen LogP contribution in [0.1, 0.15) is 16.1 Å². The Kier molecular flexibility index (Phi) is 5.89. The minimum absolute atomic E-state index is 0.0265. The van der Waals surface area contributed by atoms with Crippen molar-refractivity contribution in [3.8, 4) is 17.5 Å². The van der Waals surface area contributed by atoms with Gasteiger partial charge in [-0.05, 0) is 30.3 Å². The fourth-order valence-corrected chi connectivity index (χ4v) is 3.12. The van der Waals surface area contributed by atoms with Crippen molar-refractivity contribution in [3.63, 3.8) is 0 Å². The molecule has 2 aromatic heterocycles. The number of benzene rings is 2. The standard InChI is InChI=1S/C21H14Cl2N6O2/c22-16-7-4-8-18(19(16)23)31-13-28-10-9-17(27-28)21(30)26-20-14(11-24)12-25-29(20)15-5-2-1-3-6-15/h1-10,12H,13H2,(H,26,30). The first-order valence-corrected chi connectivity index (χ1v) is 9.77. The summed E-state index contributed by atoms with van der Waals surface area (Å²) >= 11 is 12.1. The van der Waals surface area contributed by atoms with Gasteiger partial charge in [-0.2, -0.15) is 15.5 Å². The number of nitrogens with one attached hydrogen (secondary N) is 1. The maximum atomic E-state index is 12.7. The number of carbonyl (C=O) groups is 1. The zero-order valence-corrected chi connectivity index (χ0v) is 17.4. The van der Waals surface area contributed by atoms with Crippen LogP contribution in [-0.4, -0.2) is 25.5 Å². The first kappa shape index (κ1) is 20.5. The van der Waals surface area contributed by atoms with E-state index in [2.05, 4.69) is 15.5 Å². The number of anilines is 1. The largest absolute Gasteiger partial charge is 0.470 e. The second-order valence-corrected chi connectivity index (χ2v) is 7.07. The highest BCUT2D eigenvalue weighted by molar-refractivity contribution is 6.42. The summed E-state index contributed by atoms with van der Waals surface area (Å²) in [6.07, 6.45) is 2.98. The Morgan fingerprint density at radius 3 is 2.71 bits per heavy atom. The lowest BCUT2D eigenvalue weighted by Gasteiger charge is -2.09. The number of halogens is 2. The molecule has 0 spiro atoms. The predicted molar refractivity (Wildman–Crippen MR) is 116 cm³/mol. The van der Waals surface area contributed by atoms with Gasteiger partial charge in [-0.15, -0.1) is 0 Å². The molecular formula is C21H14Cl2N6O2. The quantitative estimate of drug-likeness (QED) is 0.463. The van der Waals surface area contributed by atoms with Gasteiger partial charge in [0.25, 0.3) is 5.91 Å². The van der Waals surface area contributed by atoms with Gasteiger partial charge < -0.3 is 10.1 Å². The Morgan fingerprint density at radius 1 is 1.13 bits per heavy atom. The molecule has 1 N–H and O–H groups in total. The van der Waals surface area contributed by atoms with E-state index in [0.717, 1.165) is 0 Å². The fourth-order valence-electron chi connectivity index (χ4n) is 2.77. The van der Waals surface area contributed by atoms with Crippen LogP contribution in [0.2, 0.25) is 10.0 Å². The lowest BCUT2D eigenvalue weighted by molar-refractivity contribution is 0.101. The molecule has 0 aliphatic carbocycles. The zero-order valence-electron chi connectivity index (χ0n) is 15.9. The molecule has 0 saturated heterocycles. The van der Waals surface area contributed by atoms with Gasteiger partial charge in [0.2, 0.25) is 0 Å². The highest BCUT2D eigenvalue weighted by Gasteiger charge is 2.18. The molecular weight excluding hydrogens is 439 g/mol. The van der Waals surface area contributed by atoms with Gasteiger partial charge >= 0.3 is 0 Å². The Labute approximate surface area is 187 Å². The Morgan fingerprint density at radius 2 is 1.94 bits per heavy atom. The van der Waals surface area contributed by atoms with E-state index in [1.165, 1.54) is 21.6 Å². The molecule has 1 amide bonds. The number of ether oxygens (including phenoxy) is 1. The average Bonchev–Trinajstić information content (AvgIpc) is 3.42. The van der Waals surface area contributed by atoms with E-state index in [-0.39, 0.29) is 23.8 Å². The van der Waals surface area contributed by atoms with Crippen LogP contribution in [0.15, 0.2) is 67.0 Å². The van der Waals surface area contributed by atoms with Crippen molar-refractivity contribution in [2.45, 2.75) is 6.73 Å². The molecule has 0 radical (unpaired) electrons. The Balaban J connectivity index is 1.49.